The Hall–Kier alpha value is -4.48. The first-order chi connectivity index (χ1) is 25.6. The highest BCUT2D eigenvalue weighted by Gasteiger charge is 2.25. The molecule has 0 bridgehead atoms. The summed E-state index contributed by atoms with van der Waals surface area (Å²) in [6.45, 7) is 5.34. The number of benzene rings is 2. The lowest BCUT2D eigenvalue weighted by molar-refractivity contribution is -0.130. The first-order valence-corrected chi connectivity index (χ1v) is 18.9. The molecule has 0 radical (unpaired) electrons. The fraction of sp³-hybridized carbons (Fsp3) is 0.366. The van der Waals surface area contributed by atoms with Crippen LogP contribution < -0.4 is 15.4 Å². The zero-order valence-corrected chi connectivity index (χ0v) is 32.1. The highest BCUT2D eigenvalue weighted by atomic mass is 35.5. The third-order valence-corrected chi connectivity index (χ3v) is 11.5. The van der Waals surface area contributed by atoms with Crippen LogP contribution in [0.2, 0.25) is 10.0 Å². The summed E-state index contributed by atoms with van der Waals surface area (Å²) in [4.78, 5) is 37.2. The number of amides is 2. The molecule has 0 aliphatic carbocycles. The molecule has 1 atom stereocenters. The fourth-order valence-corrected chi connectivity index (χ4v) is 8.34. The summed E-state index contributed by atoms with van der Waals surface area (Å²) in [6.07, 6.45) is 7.35. The summed E-state index contributed by atoms with van der Waals surface area (Å²) >= 11 is 14.3. The summed E-state index contributed by atoms with van der Waals surface area (Å²) in [5.41, 5.74) is 7.87. The number of hydrogen-bond acceptors (Lipinski definition) is 7. The lowest BCUT2D eigenvalue weighted by atomic mass is 9.99. The van der Waals surface area contributed by atoms with Gasteiger partial charge in [0.15, 0.2) is 0 Å². The number of aromatic nitrogens is 3. The van der Waals surface area contributed by atoms with Gasteiger partial charge in [0.2, 0.25) is 17.7 Å². The maximum Gasteiger partial charge on any atom is 0.220 e. The van der Waals surface area contributed by atoms with Gasteiger partial charge in [0.05, 0.1) is 28.5 Å². The third-order valence-electron chi connectivity index (χ3n) is 10.7. The van der Waals surface area contributed by atoms with E-state index in [0.29, 0.717) is 52.9 Å². The van der Waals surface area contributed by atoms with Gasteiger partial charge in [-0.3, -0.25) is 19.5 Å². The molecule has 10 nitrogen and oxygen atoms in total. The smallest absolute Gasteiger partial charge is 0.220 e. The van der Waals surface area contributed by atoms with Crippen molar-refractivity contribution in [3.8, 4) is 39.5 Å². The number of likely N-dealkylation sites (tertiary alicyclic amines) is 1. The van der Waals surface area contributed by atoms with Crippen LogP contribution in [0.3, 0.4) is 0 Å². The van der Waals surface area contributed by atoms with Crippen molar-refractivity contribution < 1.29 is 14.3 Å². The van der Waals surface area contributed by atoms with Gasteiger partial charge in [-0.25, -0.2) is 4.98 Å². The van der Waals surface area contributed by atoms with Crippen LogP contribution in [0.4, 0.5) is 0 Å². The van der Waals surface area contributed by atoms with Crippen molar-refractivity contribution in [2.75, 3.05) is 33.8 Å². The largest absolute Gasteiger partial charge is 0.481 e. The standard InChI is InChI=1S/C41H45Cl2N7O3/c1-25(51)50-18-15-30(16-19-50)48(2)23-28-24-49(3)36-20-26(8-11-31(28)36)40-39(43)33(14-17-45-40)32-6-5-7-34(38(32)42)35-12-9-27(41(47-35)53-4)21-44-22-29-10-13-37(52)46-29/h5-9,11-12,14,17,20,24,29-30,44H,10,13,15-16,18-19,21-23H2,1-4H3,(H,46,52)/t29-/m1/s1. The van der Waals surface area contributed by atoms with Crippen LogP contribution in [-0.4, -0.2) is 82.0 Å². The molecule has 3 aromatic heterocycles. The number of halogens is 2. The Morgan fingerprint density at radius 1 is 1.02 bits per heavy atom. The zero-order chi connectivity index (χ0) is 37.2. The van der Waals surface area contributed by atoms with Gasteiger partial charge in [-0.2, -0.15) is 0 Å². The second-order valence-electron chi connectivity index (χ2n) is 14.1. The summed E-state index contributed by atoms with van der Waals surface area (Å²) in [5, 5.41) is 8.63. The van der Waals surface area contributed by atoms with E-state index in [1.165, 1.54) is 10.9 Å². The summed E-state index contributed by atoms with van der Waals surface area (Å²) < 4.78 is 7.84. The van der Waals surface area contributed by atoms with Gasteiger partial charge in [0, 0.05) is 116 Å². The van der Waals surface area contributed by atoms with Crippen molar-refractivity contribution in [2.45, 2.75) is 57.8 Å². The van der Waals surface area contributed by atoms with E-state index in [0.717, 1.165) is 72.2 Å². The second-order valence-corrected chi connectivity index (χ2v) is 14.9. The van der Waals surface area contributed by atoms with E-state index in [-0.39, 0.29) is 17.9 Å². The van der Waals surface area contributed by atoms with E-state index in [1.807, 2.05) is 41.3 Å². The third kappa shape index (κ3) is 7.78. The predicted octanol–water partition coefficient (Wildman–Crippen LogP) is 7.10. The van der Waals surface area contributed by atoms with E-state index in [4.69, 9.17) is 37.9 Å². The predicted molar refractivity (Wildman–Crippen MR) is 211 cm³/mol. The Kier molecular flexibility index (Phi) is 11.0. The number of rotatable bonds is 11. The highest BCUT2D eigenvalue weighted by molar-refractivity contribution is 6.39. The SMILES string of the molecule is COc1nc(-c2cccc(-c3ccnc(-c4ccc5c(CN(C)C6CCN(C(C)=O)CC6)cn(C)c5c4)c3Cl)c2Cl)ccc1CNC[C@H]1CCC(=O)N1. The number of carbonyl (C=O) groups is 2. The Labute approximate surface area is 320 Å². The van der Waals surface area contributed by atoms with Crippen molar-refractivity contribution in [1.82, 2.24) is 35.0 Å². The summed E-state index contributed by atoms with van der Waals surface area (Å²) in [6, 6.07) is 18.7. The average molecular weight is 755 g/mol. The van der Waals surface area contributed by atoms with Crippen LogP contribution in [0.5, 0.6) is 5.88 Å². The molecule has 2 aliphatic rings. The van der Waals surface area contributed by atoms with Crippen LogP contribution in [0, 0.1) is 0 Å². The number of nitrogens with one attached hydrogen (secondary N) is 2. The zero-order valence-electron chi connectivity index (χ0n) is 30.6. The number of hydrogen-bond donors (Lipinski definition) is 2. The molecule has 7 rings (SSSR count). The minimum atomic E-state index is 0.103. The highest BCUT2D eigenvalue weighted by Crippen LogP contribution is 2.42. The minimum Gasteiger partial charge on any atom is -0.481 e. The van der Waals surface area contributed by atoms with Gasteiger partial charge in [0.25, 0.3) is 0 Å². The Morgan fingerprint density at radius 3 is 2.53 bits per heavy atom. The number of nitrogens with zero attached hydrogens (tertiary/aromatic N) is 5. The molecule has 5 aromatic rings. The first kappa shape index (κ1) is 36.9. The second kappa shape index (κ2) is 15.9. The van der Waals surface area contributed by atoms with Gasteiger partial charge in [-0.1, -0.05) is 59.6 Å². The first-order valence-electron chi connectivity index (χ1n) is 18.1. The number of ether oxygens (including phenoxy) is 1. The van der Waals surface area contributed by atoms with Gasteiger partial charge >= 0.3 is 0 Å². The van der Waals surface area contributed by atoms with E-state index in [1.54, 1.807) is 20.2 Å². The van der Waals surface area contributed by atoms with Gasteiger partial charge < -0.3 is 24.8 Å². The van der Waals surface area contributed by atoms with Crippen LogP contribution in [0.25, 0.3) is 44.5 Å². The van der Waals surface area contributed by atoms with E-state index in [9.17, 15) is 9.59 Å². The minimum absolute atomic E-state index is 0.103. The monoisotopic (exact) mass is 753 g/mol. The molecule has 2 amide bonds. The maximum atomic E-state index is 11.8. The molecule has 0 unspecified atom stereocenters. The van der Waals surface area contributed by atoms with Crippen LogP contribution in [-0.2, 0) is 29.7 Å². The molecule has 5 heterocycles. The van der Waals surface area contributed by atoms with Gasteiger partial charge in [0.1, 0.15) is 0 Å². The molecular formula is C41H45Cl2N7O3. The van der Waals surface area contributed by atoms with Crippen molar-refractivity contribution in [2.24, 2.45) is 7.05 Å². The molecule has 2 saturated heterocycles. The molecule has 2 N–H and O–H groups in total. The number of fused-ring (bicyclic) bond motifs is 1. The summed E-state index contributed by atoms with van der Waals surface area (Å²) in [7, 11) is 5.86. The van der Waals surface area contributed by atoms with E-state index < -0.39 is 0 Å². The van der Waals surface area contributed by atoms with Crippen LogP contribution >= 0.6 is 23.2 Å². The Morgan fingerprint density at radius 2 is 1.79 bits per heavy atom. The molecule has 276 valence electrons. The Balaban J connectivity index is 1.11. The van der Waals surface area contributed by atoms with Gasteiger partial charge in [-0.15, -0.1) is 0 Å². The number of carbonyl (C=O) groups excluding carboxylic acids is 2. The van der Waals surface area contributed by atoms with Crippen molar-refractivity contribution in [3.05, 3.63) is 88.2 Å². The molecule has 53 heavy (non-hydrogen) atoms. The molecule has 0 spiro atoms. The van der Waals surface area contributed by atoms with Gasteiger partial charge in [-0.05, 0) is 50.1 Å². The quantitative estimate of drug-likeness (QED) is 0.148. The average Bonchev–Trinajstić information content (AvgIpc) is 3.72. The van der Waals surface area contributed by atoms with E-state index >= 15 is 0 Å². The molecule has 2 aliphatic heterocycles. The number of aryl methyl sites for hydroxylation is 1. The van der Waals surface area contributed by atoms with Crippen molar-refractivity contribution in [1.29, 1.82) is 0 Å². The maximum absolute atomic E-state index is 11.8. The molecular weight excluding hydrogens is 709 g/mol. The summed E-state index contributed by atoms with van der Waals surface area (Å²) in [5.74, 6) is 0.772. The van der Waals surface area contributed by atoms with Crippen molar-refractivity contribution in [3.63, 3.8) is 0 Å². The van der Waals surface area contributed by atoms with Crippen LogP contribution in [0.15, 0.2) is 67.0 Å². The number of methoxy groups -OCH3 is 1. The molecule has 12 heteroatoms. The lowest BCUT2D eigenvalue weighted by Gasteiger charge is -2.36. The number of pyridine rings is 2. The fourth-order valence-electron chi connectivity index (χ4n) is 7.69. The van der Waals surface area contributed by atoms with Crippen LogP contribution in [0.1, 0.15) is 43.7 Å². The van der Waals surface area contributed by atoms with Crippen molar-refractivity contribution >= 4 is 45.9 Å². The normalized spacial score (nSPS) is 16.5. The topological polar surface area (TPSA) is 105 Å². The number of piperidine rings is 1. The lowest BCUT2D eigenvalue weighted by Crippen LogP contribution is -2.44. The molecule has 0 saturated carbocycles. The molecule has 2 aromatic carbocycles. The van der Waals surface area contributed by atoms with E-state index in [2.05, 4.69) is 58.6 Å². The Bertz CT molecular complexity index is 2160. The molecule has 2 fully saturated rings.